The van der Waals surface area contributed by atoms with E-state index in [4.69, 9.17) is 0 Å². The Bertz CT molecular complexity index is 1100. The monoisotopic (exact) mass is 381 g/mol. The number of thiazole rings is 1. The lowest BCUT2D eigenvalue weighted by Gasteiger charge is -2.05. The van der Waals surface area contributed by atoms with Crippen LogP contribution in [-0.4, -0.2) is 15.8 Å². The van der Waals surface area contributed by atoms with Crippen molar-refractivity contribution in [3.8, 4) is 10.6 Å². The summed E-state index contributed by atoms with van der Waals surface area (Å²) in [4.78, 5) is 27.5. The Hall–Kier alpha value is -3.10. The van der Waals surface area contributed by atoms with E-state index in [0.717, 1.165) is 20.8 Å². The zero-order chi connectivity index (χ0) is 18.1. The minimum absolute atomic E-state index is 0.116. The second-order valence-electron chi connectivity index (χ2n) is 5.41. The summed E-state index contributed by atoms with van der Waals surface area (Å²) in [6, 6.07) is 15.4. The van der Waals surface area contributed by atoms with Crippen LogP contribution in [0.3, 0.4) is 0 Å². The van der Waals surface area contributed by atoms with E-state index in [-0.39, 0.29) is 11.3 Å². The van der Waals surface area contributed by atoms with E-state index in [1.807, 2.05) is 35.7 Å². The molecule has 4 aromatic rings. The number of nitro groups is 1. The number of hydrogen-bond acceptors (Lipinski definition) is 6. The Morgan fingerprint density at radius 3 is 2.77 bits per heavy atom. The Labute approximate surface area is 155 Å². The minimum atomic E-state index is -0.519. The van der Waals surface area contributed by atoms with E-state index in [1.165, 1.54) is 29.5 Å². The number of nitrogens with zero attached hydrogens (tertiary/aromatic N) is 2. The molecular formula is C18H11N3O3S2. The molecule has 0 atom stereocenters. The standard InChI is InChI=1S/C18H11N3O3S2/c22-16(11-4-3-5-12(10-11)21(23)24)20-17-13(8-9-25-17)18-19-14-6-1-2-7-15(14)26-18/h1-10H,(H,20,22). The fraction of sp³-hybridized carbons (Fsp3) is 0. The van der Waals surface area contributed by atoms with Gasteiger partial charge in [-0.1, -0.05) is 18.2 Å². The van der Waals surface area contributed by atoms with E-state index in [9.17, 15) is 14.9 Å². The maximum Gasteiger partial charge on any atom is 0.270 e. The van der Waals surface area contributed by atoms with Gasteiger partial charge < -0.3 is 5.32 Å². The number of anilines is 1. The molecule has 2 heterocycles. The van der Waals surface area contributed by atoms with Crippen LogP contribution in [0.25, 0.3) is 20.8 Å². The summed E-state index contributed by atoms with van der Waals surface area (Å²) in [5.74, 6) is -0.390. The Kier molecular flexibility index (Phi) is 4.19. The zero-order valence-corrected chi connectivity index (χ0v) is 14.8. The molecule has 0 unspecified atom stereocenters. The number of thiophene rings is 1. The average molecular weight is 381 g/mol. The molecule has 0 aliphatic heterocycles. The maximum absolute atomic E-state index is 12.5. The lowest BCUT2D eigenvalue weighted by Crippen LogP contribution is -2.11. The van der Waals surface area contributed by atoms with Crippen LogP contribution in [0, 0.1) is 10.1 Å². The number of carbonyl (C=O) groups excluding carboxylic acids is 1. The van der Waals surface area contributed by atoms with Crippen molar-refractivity contribution in [3.63, 3.8) is 0 Å². The number of rotatable bonds is 4. The molecule has 128 valence electrons. The summed E-state index contributed by atoms with van der Waals surface area (Å²) in [6.07, 6.45) is 0. The summed E-state index contributed by atoms with van der Waals surface area (Å²) in [6.45, 7) is 0. The smallest absolute Gasteiger partial charge is 0.270 e. The van der Waals surface area contributed by atoms with Crippen LogP contribution in [0.5, 0.6) is 0 Å². The zero-order valence-electron chi connectivity index (χ0n) is 13.2. The van der Waals surface area contributed by atoms with Gasteiger partial charge in [0.2, 0.25) is 0 Å². The van der Waals surface area contributed by atoms with Gasteiger partial charge in [-0.3, -0.25) is 14.9 Å². The van der Waals surface area contributed by atoms with Crippen molar-refractivity contribution in [1.82, 2.24) is 4.98 Å². The number of carbonyl (C=O) groups is 1. The number of fused-ring (bicyclic) bond motifs is 1. The average Bonchev–Trinajstić information content (AvgIpc) is 3.27. The van der Waals surface area contributed by atoms with Gasteiger partial charge in [-0.15, -0.1) is 22.7 Å². The number of non-ortho nitro benzene ring substituents is 1. The largest absolute Gasteiger partial charge is 0.313 e. The fourth-order valence-electron chi connectivity index (χ4n) is 2.50. The summed E-state index contributed by atoms with van der Waals surface area (Å²) in [7, 11) is 0. The molecule has 2 aromatic carbocycles. The van der Waals surface area contributed by atoms with Crippen LogP contribution in [0.4, 0.5) is 10.7 Å². The van der Waals surface area contributed by atoms with Crippen molar-refractivity contribution < 1.29 is 9.72 Å². The van der Waals surface area contributed by atoms with Crippen LogP contribution in [-0.2, 0) is 0 Å². The van der Waals surface area contributed by atoms with Crippen molar-refractivity contribution in [2.75, 3.05) is 5.32 Å². The van der Waals surface area contributed by atoms with Gasteiger partial charge in [0.1, 0.15) is 10.0 Å². The second kappa shape index (κ2) is 6.66. The molecule has 0 spiro atoms. The highest BCUT2D eigenvalue weighted by atomic mass is 32.1. The van der Waals surface area contributed by atoms with Gasteiger partial charge in [0.25, 0.3) is 11.6 Å². The van der Waals surface area contributed by atoms with E-state index in [2.05, 4.69) is 10.3 Å². The Balaban J connectivity index is 1.64. The number of benzene rings is 2. The van der Waals surface area contributed by atoms with E-state index < -0.39 is 10.8 Å². The molecule has 0 saturated heterocycles. The number of hydrogen-bond donors (Lipinski definition) is 1. The first-order chi connectivity index (χ1) is 12.6. The highest BCUT2D eigenvalue weighted by Gasteiger charge is 2.16. The molecule has 0 aliphatic carbocycles. The third-order valence-electron chi connectivity index (χ3n) is 3.74. The minimum Gasteiger partial charge on any atom is -0.313 e. The van der Waals surface area contributed by atoms with Crippen LogP contribution < -0.4 is 5.32 Å². The highest BCUT2D eigenvalue weighted by molar-refractivity contribution is 7.22. The lowest BCUT2D eigenvalue weighted by molar-refractivity contribution is -0.384. The van der Waals surface area contributed by atoms with Gasteiger partial charge in [0.15, 0.2) is 0 Å². The summed E-state index contributed by atoms with van der Waals surface area (Å²) in [5, 5.41) is 17.1. The summed E-state index contributed by atoms with van der Waals surface area (Å²) in [5.41, 5.74) is 1.88. The first-order valence-electron chi connectivity index (χ1n) is 7.61. The molecule has 4 rings (SSSR count). The summed E-state index contributed by atoms with van der Waals surface area (Å²) >= 11 is 2.94. The number of amides is 1. The predicted octanol–water partition coefficient (Wildman–Crippen LogP) is 5.19. The van der Waals surface area contributed by atoms with E-state index in [0.29, 0.717) is 5.00 Å². The van der Waals surface area contributed by atoms with Crippen molar-refractivity contribution in [2.45, 2.75) is 0 Å². The Morgan fingerprint density at radius 2 is 1.96 bits per heavy atom. The van der Waals surface area contributed by atoms with Gasteiger partial charge >= 0.3 is 0 Å². The molecule has 0 aliphatic rings. The van der Waals surface area contributed by atoms with Gasteiger partial charge in [-0.2, -0.15) is 0 Å². The van der Waals surface area contributed by atoms with Crippen molar-refractivity contribution in [1.29, 1.82) is 0 Å². The van der Waals surface area contributed by atoms with Crippen molar-refractivity contribution in [3.05, 3.63) is 75.7 Å². The third kappa shape index (κ3) is 3.07. The third-order valence-corrected chi connectivity index (χ3v) is 5.64. The first kappa shape index (κ1) is 16.4. The van der Waals surface area contributed by atoms with Gasteiger partial charge in [0.05, 0.1) is 15.1 Å². The molecule has 2 aromatic heterocycles. The van der Waals surface area contributed by atoms with Crippen LogP contribution >= 0.6 is 22.7 Å². The molecule has 6 nitrogen and oxygen atoms in total. The number of nitrogens with one attached hydrogen (secondary N) is 1. The molecule has 1 N–H and O–H groups in total. The van der Waals surface area contributed by atoms with Crippen LogP contribution in [0.2, 0.25) is 0 Å². The van der Waals surface area contributed by atoms with Gasteiger partial charge in [0, 0.05) is 23.3 Å². The summed E-state index contributed by atoms with van der Waals surface area (Å²) < 4.78 is 1.07. The molecule has 0 fully saturated rings. The van der Waals surface area contributed by atoms with Crippen molar-refractivity contribution >= 4 is 49.5 Å². The molecule has 26 heavy (non-hydrogen) atoms. The Morgan fingerprint density at radius 1 is 1.12 bits per heavy atom. The maximum atomic E-state index is 12.5. The first-order valence-corrected chi connectivity index (χ1v) is 9.31. The topological polar surface area (TPSA) is 85.1 Å². The van der Waals surface area contributed by atoms with E-state index in [1.54, 1.807) is 17.4 Å². The second-order valence-corrected chi connectivity index (χ2v) is 7.36. The molecular weight excluding hydrogens is 370 g/mol. The van der Waals surface area contributed by atoms with Gasteiger partial charge in [-0.25, -0.2) is 4.98 Å². The number of nitro benzene ring substituents is 1. The number of aromatic nitrogens is 1. The number of para-hydroxylation sites is 1. The quantitative estimate of drug-likeness (QED) is 0.390. The molecule has 1 amide bonds. The molecule has 0 radical (unpaired) electrons. The molecule has 0 bridgehead atoms. The van der Waals surface area contributed by atoms with Gasteiger partial charge in [-0.05, 0) is 29.6 Å². The fourth-order valence-corrected chi connectivity index (χ4v) is 4.34. The molecule has 8 heteroatoms. The predicted molar refractivity (Wildman–Crippen MR) is 104 cm³/mol. The van der Waals surface area contributed by atoms with E-state index >= 15 is 0 Å². The lowest BCUT2D eigenvalue weighted by atomic mass is 10.2. The SMILES string of the molecule is O=C(Nc1sccc1-c1nc2ccccc2s1)c1cccc([N+](=O)[O-])c1. The van der Waals surface area contributed by atoms with Crippen LogP contribution in [0.1, 0.15) is 10.4 Å². The van der Waals surface area contributed by atoms with Crippen LogP contribution in [0.15, 0.2) is 60.0 Å². The van der Waals surface area contributed by atoms with Crippen molar-refractivity contribution in [2.24, 2.45) is 0 Å². The normalized spacial score (nSPS) is 10.8. The molecule has 0 saturated carbocycles. The highest BCUT2D eigenvalue weighted by Crippen LogP contribution is 2.37.